The van der Waals surface area contributed by atoms with Gasteiger partial charge in [0.25, 0.3) is 0 Å². The highest BCUT2D eigenvalue weighted by Crippen LogP contribution is 2.29. The standard InChI is InChI=1S/C11H22N2O/c1-10(2,3)13-11(9(12)14)7-5-4-6-8-11/h13H,4-8H2,1-3H3,(H2,12,14). The first-order valence-corrected chi connectivity index (χ1v) is 5.45. The number of nitrogens with two attached hydrogens (primary N) is 1. The molecule has 1 rings (SSSR count). The molecule has 1 aliphatic rings. The number of hydrogen-bond acceptors (Lipinski definition) is 2. The van der Waals surface area contributed by atoms with Gasteiger partial charge < -0.3 is 5.73 Å². The molecule has 1 aliphatic carbocycles. The molecule has 3 nitrogen and oxygen atoms in total. The molecule has 1 saturated carbocycles. The maximum absolute atomic E-state index is 11.5. The number of carbonyl (C=O) groups is 1. The fourth-order valence-corrected chi connectivity index (χ4v) is 2.31. The minimum atomic E-state index is -0.448. The van der Waals surface area contributed by atoms with Crippen LogP contribution in [0.3, 0.4) is 0 Å². The summed E-state index contributed by atoms with van der Waals surface area (Å²) in [6, 6.07) is 0. The van der Waals surface area contributed by atoms with Gasteiger partial charge in [0.05, 0.1) is 5.54 Å². The highest BCUT2D eigenvalue weighted by atomic mass is 16.1. The first-order valence-electron chi connectivity index (χ1n) is 5.45. The molecule has 0 saturated heterocycles. The largest absolute Gasteiger partial charge is 0.368 e. The van der Waals surface area contributed by atoms with E-state index in [2.05, 4.69) is 26.1 Å². The molecular formula is C11H22N2O. The van der Waals surface area contributed by atoms with Crippen molar-refractivity contribution < 1.29 is 4.79 Å². The van der Waals surface area contributed by atoms with Crippen LogP contribution in [0, 0.1) is 0 Å². The van der Waals surface area contributed by atoms with Crippen molar-refractivity contribution in [3.8, 4) is 0 Å². The van der Waals surface area contributed by atoms with Crippen LogP contribution in [0.25, 0.3) is 0 Å². The monoisotopic (exact) mass is 198 g/mol. The van der Waals surface area contributed by atoms with E-state index in [9.17, 15) is 4.79 Å². The minimum absolute atomic E-state index is 0.0492. The molecule has 1 amide bonds. The third kappa shape index (κ3) is 2.71. The number of primary amides is 1. The van der Waals surface area contributed by atoms with Gasteiger partial charge in [0, 0.05) is 5.54 Å². The molecule has 0 bridgehead atoms. The molecule has 14 heavy (non-hydrogen) atoms. The van der Waals surface area contributed by atoms with E-state index in [1.54, 1.807) is 0 Å². The van der Waals surface area contributed by atoms with Crippen molar-refractivity contribution in [2.75, 3.05) is 0 Å². The van der Waals surface area contributed by atoms with Gasteiger partial charge in [0.2, 0.25) is 5.91 Å². The zero-order valence-electron chi connectivity index (χ0n) is 9.52. The van der Waals surface area contributed by atoms with E-state index in [4.69, 9.17) is 5.73 Å². The third-order valence-electron chi connectivity index (χ3n) is 2.79. The van der Waals surface area contributed by atoms with Gasteiger partial charge in [-0.15, -0.1) is 0 Å². The summed E-state index contributed by atoms with van der Waals surface area (Å²) < 4.78 is 0. The molecule has 0 aromatic rings. The topological polar surface area (TPSA) is 55.1 Å². The molecule has 0 radical (unpaired) electrons. The molecule has 1 fully saturated rings. The molecule has 0 aliphatic heterocycles. The lowest BCUT2D eigenvalue weighted by atomic mass is 9.79. The van der Waals surface area contributed by atoms with E-state index in [1.165, 1.54) is 6.42 Å². The van der Waals surface area contributed by atoms with Gasteiger partial charge in [-0.3, -0.25) is 10.1 Å². The fraction of sp³-hybridized carbons (Fsp3) is 0.909. The van der Waals surface area contributed by atoms with E-state index in [1.807, 2.05) is 0 Å². The summed E-state index contributed by atoms with van der Waals surface area (Å²) in [7, 11) is 0. The average molecular weight is 198 g/mol. The summed E-state index contributed by atoms with van der Waals surface area (Å²) in [4.78, 5) is 11.5. The van der Waals surface area contributed by atoms with Crippen LogP contribution in [0.15, 0.2) is 0 Å². The number of rotatable bonds is 2. The molecular weight excluding hydrogens is 176 g/mol. The smallest absolute Gasteiger partial charge is 0.237 e. The second kappa shape index (κ2) is 3.89. The van der Waals surface area contributed by atoms with Gasteiger partial charge >= 0.3 is 0 Å². The predicted molar refractivity (Wildman–Crippen MR) is 57.9 cm³/mol. The summed E-state index contributed by atoms with van der Waals surface area (Å²) in [6.45, 7) is 6.23. The van der Waals surface area contributed by atoms with Gasteiger partial charge in [0.1, 0.15) is 0 Å². The van der Waals surface area contributed by atoms with Crippen molar-refractivity contribution in [3.63, 3.8) is 0 Å². The molecule has 0 unspecified atom stereocenters. The fourth-order valence-electron chi connectivity index (χ4n) is 2.31. The quantitative estimate of drug-likeness (QED) is 0.707. The van der Waals surface area contributed by atoms with Gasteiger partial charge in [-0.05, 0) is 33.6 Å². The first-order chi connectivity index (χ1) is 6.36. The molecule has 0 spiro atoms. The first kappa shape index (κ1) is 11.5. The molecule has 82 valence electrons. The Morgan fingerprint density at radius 1 is 1.21 bits per heavy atom. The van der Waals surface area contributed by atoms with Crippen LogP contribution in [0.2, 0.25) is 0 Å². The third-order valence-corrected chi connectivity index (χ3v) is 2.79. The van der Waals surface area contributed by atoms with Crippen molar-refractivity contribution >= 4 is 5.91 Å². The lowest BCUT2D eigenvalue weighted by Crippen LogP contribution is -2.62. The maximum Gasteiger partial charge on any atom is 0.237 e. The van der Waals surface area contributed by atoms with E-state index >= 15 is 0 Å². The van der Waals surface area contributed by atoms with Crippen LogP contribution in [-0.4, -0.2) is 17.0 Å². The predicted octanol–water partition coefficient (Wildman–Crippen LogP) is 1.56. The maximum atomic E-state index is 11.5. The number of carbonyl (C=O) groups excluding carboxylic acids is 1. The molecule has 3 heteroatoms. The van der Waals surface area contributed by atoms with Crippen LogP contribution in [0.5, 0.6) is 0 Å². The Labute approximate surface area is 86.4 Å². The van der Waals surface area contributed by atoms with Crippen LogP contribution in [0.4, 0.5) is 0 Å². The Hall–Kier alpha value is -0.570. The van der Waals surface area contributed by atoms with Gasteiger partial charge in [-0.25, -0.2) is 0 Å². The lowest BCUT2D eigenvalue weighted by molar-refractivity contribution is -0.126. The Morgan fingerprint density at radius 2 is 1.71 bits per heavy atom. The highest BCUT2D eigenvalue weighted by Gasteiger charge is 2.40. The molecule has 0 aromatic heterocycles. The summed E-state index contributed by atoms with van der Waals surface area (Å²) in [5.41, 5.74) is 5.01. The highest BCUT2D eigenvalue weighted by molar-refractivity contribution is 5.84. The van der Waals surface area contributed by atoms with E-state index in [-0.39, 0.29) is 11.4 Å². The van der Waals surface area contributed by atoms with Gasteiger partial charge in [-0.1, -0.05) is 19.3 Å². The van der Waals surface area contributed by atoms with E-state index < -0.39 is 5.54 Å². The van der Waals surface area contributed by atoms with Crippen LogP contribution >= 0.6 is 0 Å². The van der Waals surface area contributed by atoms with E-state index in [0.717, 1.165) is 25.7 Å². The Kier molecular flexibility index (Phi) is 3.20. The normalized spacial score (nSPS) is 21.9. The van der Waals surface area contributed by atoms with Gasteiger partial charge in [-0.2, -0.15) is 0 Å². The summed E-state index contributed by atoms with van der Waals surface area (Å²) in [5, 5.41) is 3.40. The Bertz CT molecular complexity index is 212. The SMILES string of the molecule is CC(C)(C)NC1(C(N)=O)CCCCC1. The minimum Gasteiger partial charge on any atom is -0.368 e. The molecule has 0 aromatic carbocycles. The summed E-state index contributed by atoms with van der Waals surface area (Å²) >= 11 is 0. The van der Waals surface area contributed by atoms with Crippen molar-refractivity contribution in [1.29, 1.82) is 0 Å². The number of hydrogen-bond donors (Lipinski definition) is 2. The van der Waals surface area contributed by atoms with Gasteiger partial charge in [0.15, 0.2) is 0 Å². The van der Waals surface area contributed by atoms with Crippen LogP contribution in [0.1, 0.15) is 52.9 Å². The zero-order chi connectivity index (χ0) is 10.8. The second-order valence-corrected chi connectivity index (χ2v) is 5.38. The lowest BCUT2D eigenvalue weighted by Gasteiger charge is -2.40. The summed E-state index contributed by atoms with van der Waals surface area (Å²) in [5.74, 6) is -0.188. The van der Waals surface area contributed by atoms with Crippen LogP contribution < -0.4 is 11.1 Å². The van der Waals surface area contributed by atoms with Crippen molar-refractivity contribution in [3.05, 3.63) is 0 Å². The molecule has 3 N–H and O–H groups in total. The van der Waals surface area contributed by atoms with Crippen LogP contribution in [-0.2, 0) is 4.79 Å². The number of amides is 1. The summed E-state index contributed by atoms with van der Waals surface area (Å²) in [6.07, 6.45) is 5.21. The molecule has 0 atom stereocenters. The number of nitrogens with one attached hydrogen (secondary N) is 1. The van der Waals surface area contributed by atoms with Crippen molar-refractivity contribution in [2.45, 2.75) is 64.0 Å². The second-order valence-electron chi connectivity index (χ2n) is 5.38. The van der Waals surface area contributed by atoms with Crippen molar-refractivity contribution in [2.24, 2.45) is 5.73 Å². The van der Waals surface area contributed by atoms with E-state index in [0.29, 0.717) is 0 Å². The Morgan fingerprint density at radius 3 is 2.07 bits per heavy atom. The Balaban J connectivity index is 2.76. The van der Waals surface area contributed by atoms with Crippen molar-refractivity contribution in [1.82, 2.24) is 5.32 Å². The molecule has 0 heterocycles. The average Bonchev–Trinajstić information content (AvgIpc) is 2.02. The zero-order valence-corrected chi connectivity index (χ0v) is 9.52.